The Balaban J connectivity index is 1.48. The van der Waals surface area contributed by atoms with Gasteiger partial charge in [-0.2, -0.15) is 0 Å². The van der Waals surface area contributed by atoms with Crippen molar-refractivity contribution in [1.82, 2.24) is 10.2 Å². The zero-order valence-corrected chi connectivity index (χ0v) is 17.8. The summed E-state index contributed by atoms with van der Waals surface area (Å²) >= 11 is 6.76. The van der Waals surface area contributed by atoms with E-state index in [9.17, 15) is 9.59 Å². The molecule has 5 nitrogen and oxygen atoms in total. The Morgan fingerprint density at radius 3 is 2.33 bits per heavy atom. The lowest BCUT2D eigenvalue weighted by Gasteiger charge is -2.33. The molecule has 1 heterocycles. The van der Waals surface area contributed by atoms with Crippen LogP contribution in [-0.2, 0) is 9.53 Å². The fourth-order valence-corrected chi connectivity index (χ4v) is 3.43. The molecular formula is C20H20Br2N2O3. The molecule has 1 N–H and O–H groups in total. The maximum atomic E-state index is 12.5. The van der Waals surface area contributed by atoms with Gasteiger partial charge in [0.1, 0.15) is 6.10 Å². The first-order valence-electron chi connectivity index (χ1n) is 8.71. The van der Waals surface area contributed by atoms with E-state index >= 15 is 0 Å². The normalized spacial score (nSPS) is 16.8. The molecule has 2 aromatic carbocycles. The summed E-state index contributed by atoms with van der Waals surface area (Å²) in [6, 6.07) is 15.1. The molecule has 1 unspecified atom stereocenters. The lowest BCUT2D eigenvalue weighted by Crippen LogP contribution is -2.43. The second-order valence-corrected chi connectivity index (χ2v) is 8.09. The van der Waals surface area contributed by atoms with E-state index in [4.69, 9.17) is 4.74 Å². The molecule has 2 amide bonds. The van der Waals surface area contributed by atoms with E-state index in [0.29, 0.717) is 31.8 Å². The van der Waals surface area contributed by atoms with E-state index < -0.39 is 0 Å². The molecule has 0 aliphatic carbocycles. The predicted octanol–water partition coefficient (Wildman–Crippen LogP) is 3.93. The lowest BCUT2D eigenvalue weighted by molar-refractivity contribution is -0.138. The van der Waals surface area contributed by atoms with Gasteiger partial charge in [0.25, 0.3) is 5.91 Å². The maximum absolute atomic E-state index is 12.5. The third-order valence-electron chi connectivity index (χ3n) is 4.39. The Bertz CT molecular complexity index is 794. The summed E-state index contributed by atoms with van der Waals surface area (Å²) in [6.07, 6.45) is 0.156. The van der Waals surface area contributed by atoms with Gasteiger partial charge in [-0.05, 0) is 42.0 Å². The Labute approximate surface area is 175 Å². The van der Waals surface area contributed by atoms with Crippen LogP contribution in [0.3, 0.4) is 0 Å². The average molecular weight is 496 g/mol. The Hall–Kier alpha value is -1.70. The Morgan fingerprint density at radius 1 is 1.04 bits per heavy atom. The molecule has 27 heavy (non-hydrogen) atoms. The zero-order valence-electron chi connectivity index (χ0n) is 14.7. The molecule has 1 aliphatic rings. The van der Waals surface area contributed by atoms with Gasteiger partial charge in [-0.3, -0.25) is 9.59 Å². The fraction of sp³-hybridized carbons (Fsp3) is 0.300. The van der Waals surface area contributed by atoms with E-state index in [0.717, 1.165) is 14.5 Å². The average Bonchev–Trinajstić information content (AvgIpc) is 2.69. The van der Waals surface area contributed by atoms with Crippen molar-refractivity contribution in [1.29, 1.82) is 0 Å². The first-order valence-corrected chi connectivity index (χ1v) is 10.3. The zero-order chi connectivity index (χ0) is 19.2. The van der Waals surface area contributed by atoms with Gasteiger partial charge in [-0.15, -0.1) is 0 Å². The lowest BCUT2D eigenvalue weighted by atomic mass is 10.1. The smallest absolute Gasteiger partial charge is 0.251 e. The molecular weight excluding hydrogens is 476 g/mol. The minimum Gasteiger partial charge on any atom is -0.370 e. The number of amides is 2. The quantitative estimate of drug-likeness (QED) is 0.683. The van der Waals surface area contributed by atoms with Gasteiger partial charge in [0, 0.05) is 34.0 Å². The molecule has 2 aromatic rings. The molecule has 1 saturated heterocycles. The highest BCUT2D eigenvalue weighted by Gasteiger charge is 2.25. The summed E-state index contributed by atoms with van der Waals surface area (Å²) in [7, 11) is 0. The molecule has 0 spiro atoms. The summed E-state index contributed by atoms with van der Waals surface area (Å²) in [5.74, 6) is -0.151. The van der Waals surface area contributed by atoms with Gasteiger partial charge in [-0.25, -0.2) is 0 Å². The molecule has 0 saturated carbocycles. The molecule has 0 aromatic heterocycles. The van der Waals surface area contributed by atoms with Crippen molar-refractivity contribution in [3.8, 4) is 0 Å². The summed E-state index contributed by atoms with van der Waals surface area (Å²) in [4.78, 5) is 26.4. The minimum absolute atomic E-state index is 0.0246. The third-order valence-corrected chi connectivity index (χ3v) is 5.45. The van der Waals surface area contributed by atoms with Crippen molar-refractivity contribution in [2.75, 3.05) is 26.2 Å². The van der Waals surface area contributed by atoms with E-state index in [1.807, 2.05) is 41.3 Å². The Morgan fingerprint density at radius 2 is 1.67 bits per heavy atom. The van der Waals surface area contributed by atoms with Gasteiger partial charge in [-0.1, -0.05) is 44.0 Å². The highest BCUT2D eigenvalue weighted by atomic mass is 79.9. The highest BCUT2D eigenvalue weighted by Crippen LogP contribution is 2.24. The highest BCUT2D eigenvalue weighted by molar-refractivity contribution is 9.10. The second kappa shape index (κ2) is 9.48. The third kappa shape index (κ3) is 5.64. The van der Waals surface area contributed by atoms with Crippen LogP contribution in [-0.4, -0.2) is 43.0 Å². The summed E-state index contributed by atoms with van der Waals surface area (Å²) in [5, 5.41) is 2.80. The molecule has 142 valence electrons. The van der Waals surface area contributed by atoms with Crippen LogP contribution in [0.5, 0.6) is 0 Å². The first-order chi connectivity index (χ1) is 13.0. The standard InChI is InChI=1S/C20H20Br2N2O3/c21-16-5-1-14(2-6-16)18-13-24(11-12-27-18)19(25)9-10-23-20(26)15-3-7-17(22)8-4-15/h1-8,18H,9-13H2,(H,23,26). The van der Waals surface area contributed by atoms with Crippen LogP contribution in [0, 0.1) is 0 Å². The summed E-state index contributed by atoms with van der Waals surface area (Å²) in [6.45, 7) is 1.93. The number of carbonyl (C=O) groups is 2. The van der Waals surface area contributed by atoms with Crippen molar-refractivity contribution >= 4 is 43.7 Å². The van der Waals surface area contributed by atoms with Crippen LogP contribution < -0.4 is 5.32 Å². The molecule has 7 heteroatoms. The van der Waals surface area contributed by atoms with Crippen LogP contribution in [0.15, 0.2) is 57.5 Å². The largest absolute Gasteiger partial charge is 0.370 e. The molecule has 1 atom stereocenters. The van der Waals surface area contributed by atoms with Gasteiger partial charge in [0.05, 0.1) is 13.2 Å². The van der Waals surface area contributed by atoms with Gasteiger partial charge < -0.3 is 15.0 Å². The van der Waals surface area contributed by atoms with Crippen molar-refractivity contribution < 1.29 is 14.3 Å². The number of hydrogen-bond acceptors (Lipinski definition) is 3. The monoisotopic (exact) mass is 494 g/mol. The number of hydrogen-bond donors (Lipinski definition) is 1. The van der Waals surface area contributed by atoms with Crippen molar-refractivity contribution in [2.24, 2.45) is 0 Å². The van der Waals surface area contributed by atoms with Crippen molar-refractivity contribution in [2.45, 2.75) is 12.5 Å². The summed E-state index contributed by atoms with van der Waals surface area (Å²) < 4.78 is 7.74. The number of nitrogens with zero attached hydrogens (tertiary/aromatic N) is 1. The summed E-state index contributed by atoms with van der Waals surface area (Å²) in [5.41, 5.74) is 1.63. The van der Waals surface area contributed by atoms with Gasteiger partial charge in [0.2, 0.25) is 5.91 Å². The van der Waals surface area contributed by atoms with Crippen LogP contribution in [0.2, 0.25) is 0 Å². The topological polar surface area (TPSA) is 58.6 Å². The fourth-order valence-electron chi connectivity index (χ4n) is 2.90. The molecule has 0 radical (unpaired) electrons. The van der Waals surface area contributed by atoms with Crippen LogP contribution in [0.4, 0.5) is 0 Å². The SMILES string of the molecule is O=C(NCCC(=O)N1CCOC(c2ccc(Br)cc2)C1)c1ccc(Br)cc1. The first kappa shape index (κ1) is 20.0. The number of carbonyl (C=O) groups excluding carboxylic acids is 2. The van der Waals surface area contributed by atoms with Crippen molar-refractivity contribution in [3.63, 3.8) is 0 Å². The van der Waals surface area contributed by atoms with Crippen LogP contribution in [0.25, 0.3) is 0 Å². The van der Waals surface area contributed by atoms with E-state index in [-0.39, 0.29) is 24.3 Å². The van der Waals surface area contributed by atoms with E-state index in [2.05, 4.69) is 37.2 Å². The number of morpholine rings is 1. The molecule has 3 rings (SSSR count). The molecule has 1 aliphatic heterocycles. The number of ether oxygens (including phenoxy) is 1. The van der Waals surface area contributed by atoms with E-state index in [1.54, 1.807) is 12.1 Å². The van der Waals surface area contributed by atoms with Gasteiger partial charge >= 0.3 is 0 Å². The Kier molecular flexibility index (Phi) is 7.04. The predicted molar refractivity (Wildman–Crippen MR) is 111 cm³/mol. The number of nitrogens with one attached hydrogen (secondary N) is 1. The molecule has 1 fully saturated rings. The van der Waals surface area contributed by atoms with Crippen LogP contribution >= 0.6 is 31.9 Å². The van der Waals surface area contributed by atoms with Crippen molar-refractivity contribution in [3.05, 3.63) is 68.6 Å². The van der Waals surface area contributed by atoms with Crippen LogP contribution in [0.1, 0.15) is 28.4 Å². The second-order valence-electron chi connectivity index (χ2n) is 6.26. The van der Waals surface area contributed by atoms with E-state index in [1.165, 1.54) is 0 Å². The molecule has 0 bridgehead atoms. The number of benzene rings is 2. The number of halogens is 2. The number of rotatable bonds is 5. The van der Waals surface area contributed by atoms with Gasteiger partial charge in [0.15, 0.2) is 0 Å². The minimum atomic E-state index is -0.176. The maximum Gasteiger partial charge on any atom is 0.251 e.